The van der Waals surface area contributed by atoms with Crippen molar-refractivity contribution in [3.8, 4) is 0 Å². The first-order valence-corrected chi connectivity index (χ1v) is 6.72. The summed E-state index contributed by atoms with van der Waals surface area (Å²) in [6.07, 6.45) is 6.22. The molecule has 0 spiro atoms. The zero-order valence-electron chi connectivity index (χ0n) is 10.4. The Hall–Kier alpha value is -0.160. The zero-order valence-corrected chi connectivity index (χ0v) is 10.4. The van der Waals surface area contributed by atoms with Crippen LogP contribution in [-0.4, -0.2) is 38.8 Å². The van der Waals surface area contributed by atoms with Gasteiger partial charge in [0.15, 0.2) is 0 Å². The lowest BCUT2D eigenvalue weighted by Crippen LogP contribution is -2.38. The second kappa shape index (κ2) is 8.93. The van der Waals surface area contributed by atoms with Gasteiger partial charge in [0, 0.05) is 6.04 Å². The van der Waals surface area contributed by atoms with E-state index in [0.29, 0.717) is 6.04 Å². The third-order valence-electron chi connectivity index (χ3n) is 3.41. The monoisotopic (exact) mass is 228 g/mol. The first-order chi connectivity index (χ1) is 7.88. The fourth-order valence-corrected chi connectivity index (χ4v) is 2.45. The van der Waals surface area contributed by atoms with Crippen LogP contribution in [0.2, 0.25) is 0 Å². The molecule has 0 aromatic carbocycles. The molecule has 1 rings (SSSR count). The van der Waals surface area contributed by atoms with E-state index in [-0.39, 0.29) is 0 Å². The minimum absolute atomic E-state index is 0.705. The lowest BCUT2D eigenvalue weighted by Gasteiger charge is -2.21. The van der Waals surface area contributed by atoms with Crippen molar-refractivity contribution < 1.29 is 0 Å². The van der Waals surface area contributed by atoms with E-state index in [9.17, 15) is 0 Å². The normalized spacial score (nSPS) is 25.1. The maximum Gasteiger partial charge on any atom is 0.0107 e. The standard InChI is InChI=1S/C12H28N4/c13-6-2-8-15-10-11-4-1-5-12(11)16-9-3-7-14/h11-12,15-16H,1-10,13-14H2. The van der Waals surface area contributed by atoms with Crippen LogP contribution < -0.4 is 22.1 Å². The van der Waals surface area contributed by atoms with Gasteiger partial charge in [0.1, 0.15) is 0 Å². The number of rotatable bonds is 9. The first-order valence-electron chi connectivity index (χ1n) is 6.72. The van der Waals surface area contributed by atoms with Gasteiger partial charge in [0.25, 0.3) is 0 Å². The second-order valence-electron chi connectivity index (χ2n) is 4.74. The van der Waals surface area contributed by atoms with Gasteiger partial charge in [-0.25, -0.2) is 0 Å². The van der Waals surface area contributed by atoms with Crippen LogP contribution in [0.3, 0.4) is 0 Å². The van der Waals surface area contributed by atoms with Crippen LogP contribution in [0.5, 0.6) is 0 Å². The molecule has 0 radical (unpaired) electrons. The molecule has 4 nitrogen and oxygen atoms in total. The van der Waals surface area contributed by atoms with Gasteiger partial charge in [0.05, 0.1) is 0 Å². The Bertz CT molecular complexity index is 163. The average Bonchev–Trinajstić information content (AvgIpc) is 2.73. The first kappa shape index (κ1) is 13.9. The highest BCUT2D eigenvalue weighted by molar-refractivity contribution is 4.84. The van der Waals surface area contributed by atoms with E-state index in [1.807, 2.05) is 0 Å². The summed E-state index contributed by atoms with van der Waals surface area (Å²) in [6, 6.07) is 0.705. The van der Waals surface area contributed by atoms with E-state index < -0.39 is 0 Å². The number of nitrogens with two attached hydrogens (primary N) is 2. The summed E-state index contributed by atoms with van der Waals surface area (Å²) >= 11 is 0. The molecule has 1 saturated carbocycles. The Kier molecular flexibility index (Phi) is 7.76. The van der Waals surface area contributed by atoms with Crippen molar-refractivity contribution in [3.63, 3.8) is 0 Å². The molecule has 1 aliphatic carbocycles. The van der Waals surface area contributed by atoms with Gasteiger partial charge in [-0.1, -0.05) is 6.42 Å². The number of nitrogens with one attached hydrogen (secondary N) is 2. The summed E-state index contributed by atoms with van der Waals surface area (Å²) in [5, 5.41) is 7.13. The number of hydrogen-bond donors (Lipinski definition) is 4. The third kappa shape index (κ3) is 5.25. The molecular formula is C12H28N4. The van der Waals surface area contributed by atoms with Crippen molar-refractivity contribution in [2.24, 2.45) is 17.4 Å². The molecule has 2 atom stereocenters. The maximum atomic E-state index is 5.50. The van der Waals surface area contributed by atoms with Crippen molar-refractivity contribution in [3.05, 3.63) is 0 Å². The Morgan fingerprint density at radius 1 is 1.00 bits per heavy atom. The van der Waals surface area contributed by atoms with Gasteiger partial charge >= 0.3 is 0 Å². The van der Waals surface area contributed by atoms with Crippen molar-refractivity contribution in [1.29, 1.82) is 0 Å². The fourth-order valence-electron chi connectivity index (χ4n) is 2.45. The summed E-state index contributed by atoms with van der Waals surface area (Å²) in [6.45, 7) is 4.85. The van der Waals surface area contributed by atoms with Gasteiger partial charge in [-0.15, -0.1) is 0 Å². The molecule has 0 bridgehead atoms. The topological polar surface area (TPSA) is 76.1 Å². The molecule has 4 heteroatoms. The molecule has 2 unspecified atom stereocenters. The molecule has 0 amide bonds. The smallest absolute Gasteiger partial charge is 0.0107 e. The quantitative estimate of drug-likeness (QED) is 0.420. The van der Waals surface area contributed by atoms with Crippen LogP contribution in [-0.2, 0) is 0 Å². The summed E-state index contributed by atoms with van der Waals surface area (Å²) in [4.78, 5) is 0. The van der Waals surface area contributed by atoms with E-state index in [0.717, 1.165) is 51.5 Å². The number of hydrogen-bond acceptors (Lipinski definition) is 4. The van der Waals surface area contributed by atoms with Crippen LogP contribution in [0.1, 0.15) is 32.1 Å². The van der Waals surface area contributed by atoms with Gasteiger partial charge in [0.2, 0.25) is 0 Å². The molecular weight excluding hydrogens is 200 g/mol. The summed E-state index contributed by atoms with van der Waals surface area (Å²) in [7, 11) is 0. The van der Waals surface area contributed by atoms with Crippen molar-refractivity contribution in [1.82, 2.24) is 10.6 Å². The Morgan fingerprint density at radius 2 is 1.75 bits per heavy atom. The Balaban J connectivity index is 2.08. The molecule has 0 aromatic heterocycles. The van der Waals surface area contributed by atoms with Crippen molar-refractivity contribution >= 4 is 0 Å². The average molecular weight is 228 g/mol. The molecule has 16 heavy (non-hydrogen) atoms. The third-order valence-corrected chi connectivity index (χ3v) is 3.41. The highest BCUT2D eigenvalue weighted by atomic mass is 15.0. The van der Waals surface area contributed by atoms with Crippen LogP contribution in [0.25, 0.3) is 0 Å². The molecule has 1 aliphatic rings. The van der Waals surface area contributed by atoms with Gasteiger partial charge < -0.3 is 22.1 Å². The van der Waals surface area contributed by atoms with Gasteiger partial charge in [-0.2, -0.15) is 0 Å². The summed E-state index contributed by atoms with van der Waals surface area (Å²) < 4.78 is 0. The fraction of sp³-hybridized carbons (Fsp3) is 1.00. The van der Waals surface area contributed by atoms with E-state index in [2.05, 4.69) is 10.6 Å². The molecule has 0 heterocycles. The predicted octanol–water partition coefficient (Wildman–Crippen LogP) is 0.0319. The van der Waals surface area contributed by atoms with E-state index in [1.165, 1.54) is 19.3 Å². The van der Waals surface area contributed by atoms with Crippen molar-refractivity contribution in [2.75, 3.05) is 32.7 Å². The highest BCUT2D eigenvalue weighted by Gasteiger charge is 2.25. The predicted molar refractivity (Wildman–Crippen MR) is 69.3 cm³/mol. The second-order valence-corrected chi connectivity index (χ2v) is 4.74. The lowest BCUT2D eigenvalue weighted by atomic mass is 10.0. The zero-order chi connectivity index (χ0) is 11.6. The molecule has 1 fully saturated rings. The maximum absolute atomic E-state index is 5.50. The van der Waals surface area contributed by atoms with E-state index in [4.69, 9.17) is 11.5 Å². The Labute approximate surface area is 99.5 Å². The summed E-state index contributed by atoms with van der Waals surface area (Å²) in [5.74, 6) is 0.801. The van der Waals surface area contributed by atoms with Crippen LogP contribution in [0.15, 0.2) is 0 Å². The largest absolute Gasteiger partial charge is 0.330 e. The minimum Gasteiger partial charge on any atom is -0.330 e. The summed E-state index contributed by atoms with van der Waals surface area (Å²) in [5.41, 5.74) is 11.0. The van der Waals surface area contributed by atoms with Crippen LogP contribution in [0.4, 0.5) is 0 Å². The van der Waals surface area contributed by atoms with Crippen LogP contribution >= 0.6 is 0 Å². The lowest BCUT2D eigenvalue weighted by molar-refractivity contribution is 0.379. The highest BCUT2D eigenvalue weighted by Crippen LogP contribution is 2.24. The SMILES string of the molecule is NCCCNCC1CCCC1NCCCN. The molecule has 6 N–H and O–H groups in total. The van der Waals surface area contributed by atoms with Crippen molar-refractivity contribution in [2.45, 2.75) is 38.1 Å². The van der Waals surface area contributed by atoms with E-state index >= 15 is 0 Å². The molecule has 0 saturated heterocycles. The molecule has 0 aromatic rings. The van der Waals surface area contributed by atoms with Gasteiger partial charge in [-0.05, 0) is 64.3 Å². The molecule has 96 valence electrons. The van der Waals surface area contributed by atoms with Gasteiger partial charge in [-0.3, -0.25) is 0 Å². The van der Waals surface area contributed by atoms with E-state index in [1.54, 1.807) is 0 Å². The van der Waals surface area contributed by atoms with Crippen LogP contribution in [0, 0.1) is 5.92 Å². The minimum atomic E-state index is 0.705. The Morgan fingerprint density at radius 3 is 2.50 bits per heavy atom. The molecule has 0 aliphatic heterocycles.